The molecule has 2 amide bonds. The van der Waals surface area contributed by atoms with E-state index in [-0.39, 0.29) is 6.61 Å². The Kier molecular flexibility index (Phi) is 7.01. The first kappa shape index (κ1) is 15.2. The third-order valence-electron chi connectivity index (χ3n) is 1.40. The first-order valence-corrected chi connectivity index (χ1v) is 4.52. The van der Waals surface area contributed by atoms with Crippen LogP contribution in [0.4, 0.5) is 9.59 Å². The van der Waals surface area contributed by atoms with Crippen LogP contribution < -0.4 is 11.2 Å². The molecule has 0 fully saturated rings. The van der Waals surface area contributed by atoms with Crippen molar-refractivity contribution >= 4 is 12.2 Å². The number of carbonyl (C=O) groups is 2. The molecule has 1 aromatic rings. The van der Waals surface area contributed by atoms with Gasteiger partial charge in [-0.05, 0) is 11.0 Å². The number of hydrogen-bond donors (Lipinski definition) is 3. The number of carboxylic acid groups (broad SMARTS) is 1. The van der Waals surface area contributed by atoms with Crippen molar-refractivity contribution in [3.05, 3.63) is 46.0 Å². The molecule has 1 aromatic carbocycles. The second kappa shape index (κ2) is 8.33. The molecule has 0 heterocycles. The Morgan fingerprint density at radius 2 is 1.89 bits per heavy atom. The van der Waals surface area contributed by atoms with Crippen molar-refractivity contribution in [1.29, 1.82) is 0 Å². The monoisotopic (exact) mass is 257 g/mol. The van der Waals surface area contributed by atoms with Crippen LogP contribution >= 0.6 is 0 Å². The highest BCUT2D eigenvalue weighted by Gasteiger charge is 2.07. The zero-order valence-corrected chi connectivity index (χ0v) is 9.11. The average molecular weight is 257 g/mol. The number of carbonyl (C=O) groups excluding carboxylic acids is 1. The fraction of sp³-hybridized carbons (Fsp3) is 0.111. The quantitative estimate of drug-likeness (QED) is 0.537. The van der Waals surface area contributed by atoms with E-state index in [4.69, 9.17) is 9.90 Å². The number of benzene rings is 1. The van der Waals surface area contributed by atoms with Gasteiger partial charge in [0.2, 0.25) is 0 Å². The number of hydrogen-bond acceptors (Lipinski definition) is 5. The Labute approximate surface area is 101 Å². The smallest absolute Gasteiger partial charge is 0.465 e. The molecule has 0 radical (unpaired) electrons. The lowest BCUT2D eigenvalue weighted by atomic mass is 10.2. The van der Waals surface area contributed by atoms with Gasteiger partial charge in [0.25, 0.3) is 0 Å². The lowest BCUT2D eigenvalue weighted by Crippen LogP contribution is -2.29. The largest absolute Gasteiger partial charge is 0.465 e. The molecule has 9 nitrogen and oxygen atoms in total. The van der Waals surface area contributed by atoms with Crippen molar-refractivity contribution in [2.24, 2.45) is 5.73 Å². The third-order valence-corrected chi connectivity index (χ3v) is 1.40. The maximum absolute atomic E-state index is 10.7. The molecule has 0 spiro atoms. The minimum Gasteiger partial charge on any atom is -0.465 e. The Hall–Kier alpha value is -2.84. The number of nitro groups is 1. The molecular weight excluding hydrogens is 246 g/mol. The lowest BCUT2D eigenvalue weighted by Gasteiger charge is -2.01. The molecule has 0 aliphatic rings. The predicted molar refractivity (Wildman–Crippen MR) is 59.0 cm³/mol. The van der Waals surface area contributed by atoms with E-state index in [0.29, 0.717) is 0 Å². The number of primary amides is 1. The Morgan fingerprint density at radius 1 is 1.39 bits per heavy atom. The normalized spacial score (nSPS) is 8.44. The summed E-state index contributed by atoms with van der Waals surface area (Å²) in [5.74, 6) is 0. The van der Waals surface area contributed by atoms with E-state index in [9.17, 15) is 14.9 Å². The van der Waals surface area contributed by atoms with Crippen molar-refractivity contribution in [3.8, 4) is 0 Å². The molecule has 9 heteroatoms. The third kappa shape index (κ3) is 9.71. The van der Waals surface area contributed by atoms with Gasteiger partial charge in [-0.15, -0.1) is 0 Å². The maximum atomic E-state index is 10.7. The van der Waals surface area contributed by atoms with Crippen molar-refractivity contribution in [3.63, 3.8) is 0 Å². The van der Waals surface area contributed by atoms with Gasteiger partial charge < -0.3 is 15.6 Å². The van der Waals surface area contributed by atoms with Crippen LogP contribution in [0.2, 0.25) is 0 Å². The van der Waals surface area contributed by atoms with Gasteiger partial charge in [-0.1, -0.05) is 30.3 Å². The number of hydrazine groups is 1. The van der Waals surface area contributed by atoms with Crippen LogP contribution in [-0.4, -0.2) is 22.3 Å². The standard InChI is InChI=1S/C8H8N2O4.CH3NO2/c11-8(9-10(12)13)14-6-7-4-2-1-3-5-7;2-1(3)4/h1-5H,6H2,(H,9,11);2H2,(H,3,4). The van der Waals surface area contributed by atoms with E-state index in [0.717, 1.165) is 5.56 Å². The molecule has 0 aromatic heterocycles. The summed E-state index contributed by atoms with van der Waals surface area (Å²) in [6.07, 6.45) is -2.40. The number of nitrogens with zero attached hydrogens (tertiary/aromatic N) is 1. The zero-order chi connectivity index (χ0) is 14.0. The van der Waals surface area contributed by atoms with E-state index in [1.54, 1.807) is 24.3 Å². The molecule has 98 valence electrons. The number of amides is 2. The van der Waals surface area contributed by atoms with E-state index in [2.05, 4.69) is 10.5 Å². The Bertz CT molecular complexity index is 404. The topological polar surface area (TPSA) is 145 Å². The van der Waals surface area contributed by atoms with E-state index in [1.807, 2.05) is 6.07 Å². The highest BCUT2D eigenvalue weighted by Crippen LogP contribution is 2.00. The van der Waals surface area contributed by atoms with Crippen LogP contribution in [-0.2, 0) is 11.3 Å². The summed E-state index contributed by atoms with van der Waals surface area (Å²) in [5.41, 5.74) is 6.17. The van der Waals surface area contributed by atoms with Crippen LogP contribution in [0.1, 0.15) is 5.56 Å². The fourth-order valence-corrected chi connectivity index (χ4v) is 0.830. The van der Waals surface area contributed by atoms with Crippen molar-refractivity contribution in [2.45, 2.75) is 6.61 Å². The molecule has 0 bridgehead atoms. The molecule has 18 heavy (non-hydrogen) atoms. The highest BCUT2D eigenvalue weighted by molar-refractivity contribution is 5.65. The predicted octanol–water partition coefficient (Wildman–Crippen LogP) is 0.728. The van der Waals surface area contributed by atoms with Gasteiger partial charge in [-0.2, -0.15) is 0 Å². The van der Waals surface area contributed by atoms with Gasteiger partial charge in [0.05, 0.1) is 0 Å². The number of rotatable bonds is 3. The van der Waals surface area contributed by atoms with Crippen LogP contribution in [0.15, 0.2) is 30.3 Å². The molecule has 1 rings (SSSR count). The molecule has 0 aliphatic carbocycles. The molecule has 0 unspecified atom stereocenters. The first-order valence-electron chi connectivity index (χ1n) is 4.52. The van der Waals surface area contributed by atoms with Gasteiger partial charge in [-0.25, -0.2) is 19.7 Å². The first-order chi connectivity index (χ1) is 8.41. The summed E-state index contributed by atoms with van der Waals surface area (Å²) in [6, 6.07) is 8.88. The SMILES string of the molecule is NC(=O)O.O=C(N[N+](=O)[O-])OCc1ccccc1. The van der Waals surface area contributed by atoms with E-state index in [1.165, 1.54) is 5.43 Å². The molecule has 0 aliphatic heterocycles. The number of nitrogens with two attached hydrogens (primary N) is 1. The van der Waals surface area contributed by atoms with Crippen molar-refractivity contribution in [2.75, 3.05) is 0 Å². The van der Waals surface area contributed by atoms with Gasteiger partial charge in [0, 0.05) is 0 Å². The number of ether oxygens (including phenoxy) is 1. The zero-order valence-electron chi connectivity index (χ0n) is 9.11. The molecule has 0 saturated heterocycles. The second-order valence-corrected chi connectivity index (χ2v) is 2.77. The Morgan fingerprint density at radius 3 is 2.33 bits per heavy atom. The molecular formula is C9H11N3O6. The summed E-state index contributed by atoms with van der Waals surface area (Å²) in [4.78, 5) is 29.2. The van der Waals surface area contributed by atoms with Crippen molar-refractivity contribution < 1.29 is 24.5 Å². The van der Waals surface area contributed by atoms with E-state index < -0.39 is 17.2 Å². The van der Waals surface area contributed by atoms with Gasteiger partial charge in [-0.3, -0.25) is 0 Å². The fourth-order valence-electron chi connectivity index (χ4n) is 0.830. The van der Waals surface area contributed by atoms with Gasteiger partial charge >= 0.3 is 12.2 Å². The van der Waals surface area contributed by atoms with Crippen LogP contribution in [0.3, 0.4) is 0 Å². The minimum atomic E-state index is -1.33. The molecule has 0 atom stereocenters. The van der Waals surface area contributed by atoms with Crippen LogP contribution in [0.5, 0.6) is 0 Å². The lowest BCUT2D eigenvalue weighted by molar-refractivity contribution is -0.530. The second-order valence-electron chi connectivity index (χ2n) is 2.77. The summed E-state index contributed by atoms with van der Waals surface area (Å²) in [5, 5.41) is 16.0. The minimum absolute atomic E-state index is 0.0144. The average Bonchev–Trinajstić information content (AvgIpc) is 2.26. The van der Waals surface area contributed by atoms with Gasteiger partial charge in [0.1, 0.15) is 6.61 Å². The summed E-state index contributed by atoms with van der Waals surface area (Å²) in [6.45, 7) is 0.0144. The number of nitrogens with one attached hydrogen (secondary N) is 1. The van der Waals surface area contributed by atoms with Crippen LogP contribution in [0.25, 0.3) is 0 Å². The summed E-state index contributed by atoms with van der Waals surface area (Å²) >= 11 is 0. The maximum Gasteiger partial charge on any atom is 0.465 e. The van der Waals surface area contributed by atoms with Gasteiger partial charge in [0.15, 0.2) is 5.03 Å². The molecule has 4 N–H and O–H groups in total. The van der Waals surface area contributed by atoms with Crippen LogP contribution in [0, 0.1) is 10.1 Å². The summed E-state index contributed by atoms with van der Waals surface area (Å²) < 4.78 is 4.55. The Balaban J connectivity index is 0.000000631. The summed E-state index contributed by atoms with van der Waals surface area (Å²) in [7, 11) is 0. The highest BCUT2D eigenvalue weighted by atomic mass is 16.7. The van der Waals surface area contributed by atoms with E-state index >= 15 is 0 Å². The molecule has 0 saturated carbocycles. The van der Waals surface area contributed by atoms with Crippen molar-refractivity contribution in [1.82, 2.24) is 5.43 Å².